The molecule has 0 bridgehead atoms. The van der Waals surface area contributed by atoms with Gasteiger partial charge in [-0.15, -0.1) is 22.7 Å². The fraction of sp³-hybridized carbons (Fsp3) is 0.154. The van der Waals surface area contributed by atoms with E-state index in [0.29, 0.717) is 23.7 Å². The lowest BCUT2D eigenvalue weighted by atomic mass is 10.2. The number of nitrogens with one attached hydrogen (secondary N) is 2. The summed E-state index contributed by atoms with van der Waals surface area (Å²) < 4.78 is 3.60. The Bertz CT molecular complexity index is 1570. The molecule has 0 saturated carbocycles. The number of nitrogens with zero attached hydrogens (tertiary/aromatic N) is 2. The molecule has 0 aliphatic heterocycles. The van der Waals surface area contributed by atoms with Crippen LogP contribution in [0.4, 0.5) is 11.4 Å². The number of aromatic nitrogens is 2. The number of thiazole rings is 2. The van der Waals surface area contributed by atoms with Crippen LogP contribution in [-0.2, 0) is 16.1 Å². The minimum absolute atomic E-state index is 0.0378. The van der Waals surface area contributed by atoms with Gasteiger partial charge in [0.1, 0.15) is 0 Å². The number of benzene rings is 3. The van der Waals surface area contributed by atoms with Crippen LogP contribution in [0.15, 0.2) is 75.4 Å². The van der Waals surface area contributed by atoms with Gasteiger partial charge in [-0.3, -0.25) is 9.59 Å². The average molecular weight is 566 g/mol. The summed E-state index contributed by atoms with van der Waals surface area (Å²) in [5.41, 5.74) is 10.1. The fourth-order valence-corrected chi connectivity index (χ4v) is 7.63. The zero-order valence-electron chi connectivity index (χ0n) is 19.8. The number of amides is 2. The Morgan fingerprint density at radius 3 is 2.46 bits per heavy atom. The molecular formula is C26H23N5O2S4. The van der Waals surface area contributed by atoms with Crippen LogP contribution in [0.1, 0.15) is 12.5 Å². The second-order valence-corrected chi connectivity index (χ2v) is 13.0. The number of anilines is 2. The van der Waals surface area contributed by atoms with Gasteiger partial charge >= 0.3 is 0 Å². The molecule has 2 amide bonds. The molecule has 0 fully saturated rings. The van der Waals surface area contributed by atoms with Gasteiger partial charge in [-0.05, 0) is 48.9 Å². The number of rotatable bonds is 9. The normalized spacial score (nSPS) is 12.0. The molecule has 4 N–H and O–H groups in total. The highest BCUT2D eigenvalue weighted by Crippen LogP contribution is 2.34. The molecule has 1 unspecified atom stereocenters. The van der Waals surface area contributed by atoms with E-state index in [1.807, 2.05) is 73.7 Å². The number of carbonyl (C=O) groups excluding carboxylic acids is 2. The van der Waals surface area contributed by atoms with Crippen molar-refractivity contribution >= 4 is 89.8 Å². The number of hydrogen-bond donors (Lipinski definition) is 3. The van der Waals surface area contributed by atoms with Gasteiger partial charge in [0.25, 0.3) is 0 Å². The van der Waals surface area contributed by atoms with Crippen molar-refractivity contribution in [3.05, 3.63) is 72.3 Å². The molecule has 2 aromatic heterocycles. The largest absolute Gasteiger partial charge is 0.399 e. The Hall–Kier alpha value is -3.12. The average Bonchev–Trinajstić information content (AvgIpc) is 3.49. The number of carbonyl (C=O) groups is 2. The maximum Gasteiger partial charge on any atom is 0.237 e. The van der Waals surface area contributed by atoms with E-state index >= 15 is 0 Å². The molecule has 5 rings (SSSR count). The first kappa shape index (κ1) is 25.5. The summed E-state index contributed by atoms with van der Waals surface area (Å²) in [4.78, 5) is 34.3. The molecule has 0 saturated heterocycles. The number of fused-ring (bicyclic) bond motifs is 2. The van der Waals surface area contributed by atoms with E-state index in [1.165, 1.54) is 46.2 Å². The van der Waals surface area contributed by atoms with Gasteiger partial charge in [0.15, 0.2) is 8.68 Å². The van der Waals surface area contributed by atoms with E-state index in [0.717, 1.165) is 34.7 Å². The van der Waals surface area contributed by atoms with Crippen LogP contribution in [0.3, 0.4) is 0 Å². The predicted octanol–water partition coefficient (Wildman–Crippen LogP) is 6.02. The van der Waals surface area contributed by atoms with Crippen molar-refractivity contribution in [3.8, 4) is 0 Å². The van der Waals surface area contributed by atoms with Gasteiger partial charge in [0.2, 0.25) is 11.8 Å². The highest BCUT2D eigenvalue weighted by atomic mass is 32.2. The maximum atomic E-state index is 12.8. The van der Waals surface area contributed by atoms with Crippen molar-refractivity contribution in [2.75, 3.05) is 16.8 Å². The van der Waals surface area contributed by atoms with Crippen molar-refractivity contribution in [2.45, 2.75) is 27.4 Å². The first-order valence-corrected chi connectivity index (χ1v) is 14.9. The standard InChI is InChI=1S/C26H23N5O2S4/c1-15(35-26-31-19-9-7-17(27)11-21(19)37-26)24(33)29-18-8-10-20-22(12-18)36-25(30-20)34-14-23(32)28-13-16-5-3-2-4-6-16/h2-12,15H,13-14,27H2,1H3,(H,28,32)(H,29,33). The molecule has 1 atom stereocenters. The van der Waals surface area contributed by atoms with Crippen LogP contribution in [-0.4, -0.2) is 32.8 Å². The van der Waals surface area contributed by atoms with Crippen molar-refractivity contribution in [1.82, 2.24) is 15.3 Å². The third-order valence-corrected chi connectivity index (χ3v) is 9.71. The molecule has 11 heteroatoms. The first-order chi connectivity index (χ1) is 17.9. The van der Waals surface area contributed by atoms with Crippen LogP contribution in [0.2, 0.25) is 0 Å². The number of nitrogens with two attached hydrogens (primary N) is 1. The molecule has 0 radical (unpaired) electrons. The molecule has 3 aromatic carbocycles. The van der Waals surface area contributed by atoms with Crippen molar-refractivity contribution in [1.29, 1.82) is 0 Å². The third kappa shape index (κ3) is 6.61. The van der Waals surface area contributed by atoms with Gasteiger partial charge in [-0.2, -0.15) is 0 Å². The van der Waals surface area contributed by atoms with E-state index in [1.54, 1.807) is 0 Å². The Balaban J connectivity index is 1.15. The van der Waals surface area contributed by atoms with Crippen molar-refractivity contribution in [3.63, 3.8) is 0 Å². The molecule has 0 spiro atoms. The van der Waals surface area contributed by atoms with Gasteiger partial charge in [0, 0.05) is 17.9 Å². The Kier molecular flexibility index (Phi) is 7.94. The minimum atomic E-state index is -0.324. The predicted molar refractivity (Wildman–Crippen MR) is 157 cm³/mol. The molecule has 0 aliphatic carbocycles. The summed E-state index contributed by atoms with van der Waals surface area (Å²) in [5, 5.41) is 5.60. The second-order valence-electron chi connectivity index (χ2n) is 8.17. The highest BCUT2D eigenvalue weighted by Gasteiger charge is 2.18. The molecule has 188 valence electrons. The summed E-state index contributed by atoms with van der Waals surface area (Å²) in [6.45, 7) is 2.37. The van der Waals surface area contributed by atoms with Gasteiger partial charge < -0.3 is 16.4 Å². The van der Waals surface area contributed by atoms with E-state index in [9.17, 15) is 9.59 Å². The quantitative estimate of drug-likeness (QED) is 0.148. The molecule has 5 aromatic rings. The van der Waals surface area contributed by atoms with Crippen LogP contribution < -0.4 is 16.4 Å². The molecule has 37 heavy (non-hydrogen) atoms. The fourth-order valence-electron chi connectivity index (χ4n) is 3.44. The molecule has 2 heterocycles. The van der Waals surface area contributed by atoms with E-state index in [-0.39, 0.29) is 17.1 Å². The zero-order valence-corrected chi connectivity index (χ0v) is 23.0. The molecule has 0 aliphatic rings. The van der Waals surface area contributed by atoms with E-state index in [2.05, 4.69) is 20.6 Å². The van der Waals surface area contributed by atoms with E-state index in [4.69, 9.17) is 5.73 Å². The molecule has 7 nitrogen and oxygen atoms in total. The summed E-state index contributed by atoms with van der Waals surface area (Å²) in [5.74, 6) is 0.157. The highest BCUT2D eigenvalue weighted by molar-refractivity contribution is 8.02. The Morgan fingerprint density at radius 2 is 1.65 bits per heavy atom. The first-order valence-electron chi connectivity index (χ1n) is 11.4. The second kappa shape index (κ2) is 11.5. The number of hydrogen-bond acceptors (Lipinski definition) is 9. The number of nitrogen functional groups attached to an aromatic ring is 1. The van der Waals surface area contributed by atoms with Crippen molar-refractivity contribution in [2.24, 2.45) is 0 Å². The molecular weight excluding hydrogens is 543 g/mol. The topological polar surface area (TPSA) is 110 Å². The van der Waals surface area contributed by atoms with Crippen LogP contribution in [0.25, 0.3) is 20.4 Å². The van der Waals surface area contributed by atoms with Gasteiger partial charge in [-0.1, -0.05) is 53.9 Å². The van der Waals surface area contributed by atoms with Crippen molar-refractivity contribution < 1.29 is 9.59 Å². The summed E-state index contributed by atoms with van der Waals surface area (Å²) in [7, 11) is 0. The minimum Gasteiger partial charge on any atom is -0.399 e. The monoisotopic (exact) mass is 565 g/mol. The maximum absolute atomic E-state index is 12.8. The van der Waals surface area contributed by atoms with Crippen LogP contribution in [0.5, 0.6) is 0 Å². The number of thioether (sulfide) groups is 2. The smallest absolute Gasteiger partial charge is 0.237 e. The van der Waals surface area contributed by atoms with Gasteiger partial charge in [-0.25, -0.2) is 9.97 Å². The van der Waals surface area contributed by atoms with Crippen LogP contribution in [0, 0.1) is 0 Å². The summed E-state index contributed by atoms with van der Waals surface area (Å²) in [6, 6.07) is 21.1. The third-order valence-electron chi connectivity index (χ3n) is 5.34. The SMILES string of the molecule is CC(Sc1nc2ccc(N)cc2s1)C(=O)Nc1ccc2nc(SCC(=O)NCc3ccccc3)sc2c1. The Morgan fingerprint density at radius 1 is 0.946 bits per heavy atom. The summed E-state index contributed by atoms with van der Waals surface area (Å²) >= 11 is 5.87. The lowest BCUT2D eigenvalue weighted by Gasteiger charge is -2.10. The van der Waals surface area contributed by atoms with Crippen LogP contribution >= 0.6 is 46.2 Å². The zero-order chi connectivity index (χ0) is 25.8. The lowest BCUT2D eigenvalue weighted by Crippen LogP contribution is -2.24. The Labute approximate surface area is 230 Å². The van der Waals surface area contributed by atoms with E-state index < -0.39 is 0 Å². The van der Waals surface area contributed by atoms with Gasteiger partial charge in [0.05, 0.1) is 31.4 Å². The summed E-state index contributed by atoms with van der Waals surface area (Å²) in [6.07, 6.45) is 0. The lowest BCUT2D eigenvalue weighted by molar-refractivity contribution is -0.118.